The molecule has 1 amide bonds. The molecule has 1 N–H and O–H groups in total. The average molecular weight is 261 g/mol. The molecular formula is C15H19NO3. The van der Waals surface area contributed by atoms with Gasteiger partial charge in [0.25, 0.3) is 0 Å². The minimum Gasteiger partial charge on any atom is -0.478 e. The highest BCUT2D eigenvalue weighted by atomic mass is 16.4. The van der Waals surface area contributed by atoms with Crippen LogP contribution in [-0.2, 0) is 4.79 Å². The monoisotopic (exact) mass is 261 g/mol. The lowest BCUT2D eigenvalue weighted by Gasteiger charge is -2.22. The Hall–Kier alpha value is -1.84. The quantitative estimate of drug-likeness (QED) is 0.890. The maximum absolute atomic E-state index is 12.1. The van der Waals surface area contributed by atoms with E-state index in [1.54, 1.807) is 17.9 Å². The number of rotatable bonds is 2. The van der Waals surface area contributed by atoms with E-state index in [1.807, 2.05) is 13.0 Å². The Bertz CT molecular complexity index is 522. The molecule has 1 aromatic carbocycles. The maximum atomic E-state index is 12.1. The Morgan fingerprint density at radius 1 is 1.21 bits per heavy atom. The van der Waals surface area contributed by atoms with Gasteiger partial charge in [0, 0.05) is 18.7 Å². The minimum absolute atomic E-state index is 0.0945. The number of carboxylic acid groups (broad SMARTS) is 1. The Kier molecular flexibility index (Phi) is 3.88. The predicted molar refractivity (Wildman–Crippen MR) is 73.7 cm³/mol. The van der Waals surface area contributed by atoms with Gasteiger partial charge >= 0.3 is 5.97 Å². The molecule has 1 aliphatic rings. The van der Waals surface area contributed by atoms with E-state index in [0.29, 0.717) is 18.7 Å². The van der Waals surface area contributed by atoms with E-state index in [1.165, 1.54) is 0 Å². The third-order valence-corrected chi connectivity index (χ3v) is 3.77. The maximum Gasteiger partial charge on any atom is 0.336 e. The van der Waals surface area contributed by atoms with Crippen molar-refractivity contribution in [3.05, 3.63) is 28.8 Å². The first-order valence-electron chi connectivity index (χ1n) is 6.65. The van der Waals surface area contributed by atoms with Crippen molar-refractivity contribution < 1.29 is 14.7 Å². The Morgan fingerprint density at radius 3 is 2.63 bits per heavy atom. The number of nitrogens with zero attached hydrogens (tertiary/aromatic N) is 1. The summed E-state index contributed by atoms with van der Waals surface area (Å²) in [6.07, 6.45) is 3.50. The van der Waals surface area contributed by atoms with Gasteiger partial charge in [-0.2, -0.15) is 0 Å². The second-order valence-corrected chi connectivity index (χ2v) is 5.10. The lowest BCUT2D eigenvalue weighted by atomic mass is 10.0. The van der Waals surface area contributed by atoms with E-state index < -0.39 is 5.97 Å². The number of amides is 1. The average Bonchev–Trinajstić information content (AvgIpc) is 2.57. The zero-order valence-corrected chi connectivity index (χ0v) is 11.4. The van der Waals surface area contributed by atoms with Gasteiger partial charge in [-0.05, 0) is 49.9 Å². The van der Waals surface area contributed by atoms with Crippen LogP contribution in [0.4, 0.5) is 5.69 Å². The first kappa shape index (κ1) is 13.6. The molecule has 19 heavy (non-hydrogen) atoms. The highest BCUT2D eigenvalue weighted by Crippen LogP contribution is 2.26. The van der Waals surface area contributed by atoms with E-state index in [2.05, 4.69) is 0 Å². The molecule has 1 heterocycles. The molecule has 0 spiro atoms. The number of carbonyl (C=O) groups is 2. The molecule has 4 heteroatoms. The van der Waals surface area contributed by atoms with E-state index in [0.717, 1.165) is 30.4 Å². The molecule has 0 unspecified atom stereocenters. The van der Waals surface area contributed by atoms with Crippen LogP contribution in [0, 0.1) is 13.8 Å². The Balaban J connectivity index is 2.44. The van der Waals surface area contributed by atoms with Gasteiger partial charge in [0.15, 0.2) is 0 Å². The van der Waals surface area contributed by atoms with Crippen molar-refractivity contribution in [3.63, 3.8) is 0 Å². The molecule has 1 fully saturated rings. The molecule has 0 aliphatic carbocycles. The summed E-state index contributed by atoms with van der Waals surface area (Å²) < 4.78 is 0. The largest absolute Gasteiger partial charge is 0.478 e. The minimum atomic E-state index is -0.940. The van der Waals surface area contributed by atoms with Gasteiger partial charge in [0.05, 0.1) is 5.56 Å². The second-order valence-electron chi connectivity index (χ2n) is 5.10. The number of anilines is 1. The van der Waals surface area contributed by atoms with Crippen LogP contribution in [-0.4, -0.2) is 23.5 Å². The van der Waals surface area contributed by atoms with Crippen molar-refractivity contribution >= 4 is 17.6 Å². The highest BCUT2D eigenvalue weighted by molar-refractivity contribution is 5.96. The van der Waals surface area contributed by atoms with Crippen molar-refractivity contribution in [1.82, 2.24) is 0 Å². The van der Waals surface area contributed by atoms with E-state index in [4.69, 9.17) is 0 Å². The molecule has 2 rings (SSSR count). The van der Waals surface area contributed by atoms with Crippen LogP contribution < -0.4 is 4.90 Å². The first-order valence-corrected chi connectivity index (χ1v) is 6.65. The van der Waals surface area contributed by atoms with Gasteiger partial charge in [0.1, 0.15) is 0 Å². The van der Waals surface area contributed by atoms with Gasteiger partial charge in [-0.25, -0.2) is 4.79 Å². The van der Waals surface area contributed by atoms with E-state index in [9.17, 15) is 14.7 Å². The topological polar surface area (TPSA) is 57.6 Å². The molecule has 1 aliphatic heterocycles. The first-order chi connectivity index (χ1) is 9.00. The predicted octanol–water partition coefficient (Wildman–Crippen LogP) is 2.91. The van der Waals surface area contributed by atoms with Crippen LogP contribution in [0.2, 0.25) is 0 Å². The fourth-order valence-corrected chi connectivity index (χ4v) is 2.47. The van der Waals surface area contributed by atoms with Crippen LogP contribution in [0.25, 0.3) is 0 Å². The summed E-state index contributed by atoms with van der Waals surface area (Å²) in [5, 5.41) is 9.23. The number of aromatic carboxylic acids is 1. The molecule has 4 nitrogen and oxygen atoms in total. The zero-order valence-electron chi connectivity index (χ0n) is 11.4. The molecule has 1 saturated heterocycles. The van der Waals surface area contributed by atoms with Crippen molar-refractivity contribution in [1.29, 1.82) is 0 Å². The normalized spacial score (nSPS) is 16.3. The third-order valence-electron chi connectivity index (χ3n) is 3.77. The number of carbonyl (C=O) groups excluding carboxylic acids is 1. The Morgan fingerprint density at radius 2 is 1.95 bits per heavy atom. The number of hydrogen-bond donors (Lipinski definition) is 1. The summed E-state index contributed by atoms with van der Waals surface area (Å²) >= 11 is 0. The summed E-state index contributed by atoms with van der Waals surface area (Å²) in [6.45, 7) is 4.36. The molecule has 0 bridgehead atoms. The smallest absolute Gasteiger partial charge is 0.336 e. The highest BCUT2D eigenvalue weighted by Gasteiger charge is 2.20. The number of aryl methyl sites for hydroxylation is 1. The zero-order chi connectivity index (χ0) is 14.0. The van der Waals surface area contributed by atoms with E-state index in [-0.39, 0.29) is 11.5 Å². The van der Waals surface area contributed by atoms with Gasteiger partial charge in [0.2, 0.25) is 5.91 Å². The van der Waals surface area contributed by atoms with Crippen LogP contribution in [0.1, 0.15) is 47.2 Å². The second kappa shape index (κ2) is 5.43. The van der Waals surface area contributed by atoms with Crippen LogP contribution in [0.15, 0.2) is 12.1 Å². The number of benzene rings is 1. The van der Waals surface area contributed by atoms with Gasteiger partial charge in [-0.15, -0.1) is 0 Å². The lowest BCUT2D eigenvalue weighted by Crippen LogP contribution is -2.30. The summed E-state index contributed by atoms with van der Waals surface area (Å²) in [4.78, 5) is 25.1. The Labute approximate surface area is 113 Å². The van der Waals surface area contributed by atoms with Crippen molar-refractivity contribution in [2.24, 2.45) is 0 Å². The summed E-state index contributed by atoms with van der Waals surface area (Å²) in [6, 6.07) is 3.53. The number of carboxylic acids is 1. The molecule has 0 atom stereocenters. The van der Waals surface area contributed by atoms with E-state index >= 15 is 0 Å². The van der Waals surface area contributed by atoms with Crippen LogP contribution in [0.5, 0.6) is 0 Å². The van der Waals surface area contributed by atoms with Crippen LogP contribution >= 0.6 is 0 Å². The van der Waals surface area contributed by atoms with Crippen molar-refractivity contribution in [2.45, 2.75) is 39.5 Å². The van der Waals surface area contributed by atoms with Crippen molar-refractivity contribution in [3.8, 4) is 0 Å². The SMILES string of the molecule is Cc1cc(N2CCCCCC2=O)cc(C(=O)O)c1C. The van der Waals surface area contributed by atoms with Gasteiger partial charge in [-0.1, -0.05) is 6.42 Å². The van der Waals surface area contributed by atoms with Gasteiger partial charge < -0.3 is 10.0 Å². The van der Waals surface area contributed by atoms with Crippen LogP contribution in [0.3, 0.4) is 0 Å². The standard InChI is InChI=1S/C15H19NO3/c1-10-8-12(9-13(11(10)2)15(18)19)16-7-5-3-4-6-14(16)17/h8-9H,3-7H2,1-2H3,(H,18,19). The van der Waals surface area contributed by atoms with Gasteiger partial charge in [-0.3, -0.25) is 4.79 Å². The summed E-state index contributed by atoms with van der Waals surface area (Å²) in [5.41, 5.74) is 2.67. The molecule has 0 radical (unpaired) electrons. The molecular weight excluding hydrogens is 242 g/mol. The fourth-order valence-electron chi connectivity index (χ4n) is 2.47. The summed E-state index contributed by atoms with van der Waals surface area (Å²) in [5.74, 6) is -0.846. The lowest BCUT2D eigenvalue weighted by molar-refractivity contribution is -0.118. The number of hydrogen-bond acceptors (Lipinski definition) is 2. The molecule has 0 saturated carbocycles. The molecule has 1 aromatic rings. The fraction of sp³-hybridized carbons (Fsp3) is 0.467. The summed E-state index contributed by atoms with van der Waals surface area (Å²) in [7, 11) is 0. The molecule has 102 valence electrons. The third kappa shape index (κ3) is 2.78. The molecule has 0 aromatic heterocycles. The van der Waals surface area contributed by atoms with Crippen molar-refractivity contribution in [2.75, 3.05) is 11.4 Å².